The van der Waals surface area contributed by atoms with Crippen molar-refractivity contribution in [3.8, 4) is 0 Å². The van der Waals surface area contributed by atoms with Gasteiger partial charge in [-0.1, -0.05) is 37.0 Å². The Balaban J connectivity index is 1.94. The third-order valence-electron chi connectivity index (χ3n) is 2.70. The highest BCUT2D eigenvalue weighted by atomic mass is 32.2. The van der Waals surface area contributed by atoms with Gasteiger partial charge in [0.05, 0.1) is 17.9 Å². The number of carbonyl (C=O) groups is 2. The molecule has 0 saturated carbocycles. The maximum atomic E-state index is 12.3. The summed E-state index contributed by atoms with van der Waals surface area (Å²) in [5, 5.41) is 1.95. The molecule has 0 radical (unpaired) electrons. The Bertz CT molecular complexity index is 566. The molecule has 1 aromatic heterocycles. The molecule has 7 heteroatoms. The molecule has 4 nitrogen and oxygen atoms in total. The van der Waals surface area contributed by atoms with Crippen LogP contribution in [-0.4, -0.2) is 34.2 Å². The molecule has 1 aliphatic rings. The van der Waals surface area contributed by atoms with Crippen LogP contribution in [0.1, 0.15) is 24.6 Å². The van der Waals surface area contributed by atoms with Gasteiger partial charge >= 0.3 is 5.97 Å². The predicted octanol–water partition coefficient (Wildman–Crippen LogP) is 3.29. The van der Waals surface area contributed by atoms with Crippen LogP contribution < -0.4 is 0 Å². The van der Waals surface area contributed by atoms with E-state index in [9.17, 15) is 9.59 Å². The second-order valence-electron chi connectivity index (χ2n) is 4.32. The van der Waals surface area contributed by atoms with E-state index in [2.05, 4.69) is 0 Å². The van der Waals surface area contributed by atoms with Crippen LogP contribution >= 0.6 is 35.3 Å². The highest BCUT2D eigenvalue weighted by molar-refractivity contribution is 8.26. The number of ether oxygens (including phenoxy) is 1. The van der Waals surface area contributed by atoms with E-state index in [1.54, 1.807) is 11.3 Å². The smallest absolute Gasteiger partial charge is 0.307 e. The summed E-state index contributed by atoms with van der Waals surface area (Å²) in [6.45, 7) is 2.62. The fourth-order valence-electron chi connectivity index (χ4n) is 1.69. The normalized spacial score (nSPS) is 16.8. The van der Waals surface area contributed by atoms with Crippen molar-refractivity contribution >= 4 is 57.6 Å². The summed E-state index contributed by atoms with van der Waals surface area (Å²) in [7, 11) is 0. The fourth-order valence-corrected chi connectivity index (χ4v) is 3.72. The van der Waals surface area contributed by atoms with Crippen LogP contribution in [0.2, 0.25) is 0 Å². The van der Waals surface area contributed by atoms with E-state index in [1.807, 2.05) is 30.5 Å². The Morgan fingerprint density at radius 2 is 2.33 bits per heavy atom. The Labute approximate surface area is 137 Å². The molecule has 0 bridgehead atoms. The molecule has 1 amide bonds. The first-order valence-electron chi connectivity index (χ1n) is 6.56. The van der Waals surface area contributed by atoms with Crippen molar-refractivity contribution in [1.82, 2.24) is 4.90 Å². The average molecular weight is 341 g/mol. The van der Waals surface area contributed by atoms with E-state index in [4.69, 9.17) is 17.0 Å². The number of rotatable bonds is 6. The van der Waals surface area contributed by atoms with Gasteiger partial charge in [0, 0.05) is 11.4 Å². The lowest BCUT2D eigenvalue weighted by atomic mass is 10.3. The molecule has 0 aromatic carbocycles. The number of thiophene rings is 1. The van der Waals surface area contributed by atoms with Crippen molar-refractivity contribution in [3.05, 3.63) is 27.3 Å². The molecule has 0 N–H and O–H groups in total. The van der Waals surface area contributed by atoms with Crippen LogP contribution in [0.4, 0.5) is 0 Å². The van der Waals surface area contributed by atoms with Gasteiger partial charge in [-0.3, -0.25) is 14.5 Å². The zero-order valence-corrected chi connectivity index (χ0v) is 14.0. The van der Waals surface area contributed by atoms with Gasteiger partial charge in [0.25, 0.3) is 5.91 Å². The highest BCUT2D eigenvalue weighted by Gasteiger charge is 2.32. The first kappa shape index (κ1) is 16.2. The Hall–Kier alpha value is -1.18. The minimum Gasteiger partial charge on any atom is -0.466 e. The lowest BCUT2D eigenvalue weighted by Gasteiger charge is -2.13. The van der Waals surface area contributed by atoms with Crippen LogP contribution in [0, 0.1) is 0 Å². The Morgan fingerprint density at radius 3 is 3.00 bits per heavy atom. The minimum absolute atomic E-state index is 0.137. The summed E-state index contributed by atoms with van der Waals surface area (Å²) in [5.41, 5.74) is 0. The van der Waals surface area contributed by atoms with E-state index in [-0.39, 0.29) is 24.8 Å². The second-order valence-corrected chi connectivity index (χ2v) is 6.97. The van der Waals surface area contributed by atoms with Gasteiger partial charge in [0.2, 0.25) is 0 Å². The van der Waals surface area contributed by atoms with E-state index in [1.165, 1.54) is 16.7 Å². The third-order valence-corrected chi connectivity index (χ3v) is 4.89. The number of amides is 1. The molecule has 2 rings (SSSR count). The Kier molecular flexibility index (Phi) is 5.96. The minimum atomic E-state index is -0.298. The third kappa shape index (κ3) is 4.39. The molecular formula is C14H15NO3S3. The number of hydrogen-bond donors (Lipinski definition) is 0. The molecule has 2 heterocycles. The summed E-state index contributed by atoms with van der Waals surface area (Å²) in [4.78, 5) is 26.8. The van der Waals surface area contributed by atoms with Crippen molar-refractivity contribution in [2.75, 3.05) is 13.2 Å². The van der Waals surface area contributed by atoms with Crippen LogP contribution in [0.25, 0.3) is 6.08 Å². The van der Waals surface area contributed by atoms with Crippen molar-refractivity contribution in [2.24, 2.45) is 0 Å². The second kappa shape index (κ2) is 7.72. The summed E-state index contributed by atoms with van der Waals surface area (Å²) in [5.74, 6) is -0.435. The lowest BCUT2D eigenvalue weighted by Crippen LogP contribution is -2.30. The van der Waals surface area contributed by atoms with Crippen molar-refractivity contribution in [2.45, 2.75) is 19.8 Å². The monoisotopic (exact) mass is 341 g/mol. The molecule has 21 heavy (non-hydrogen) atoms. The molecule has 0 unspecified atom stereocenters. The Morgan fingerprint density at radius 1 is 1.52 bits per heavy atom. The topological polar surface area (TPSA) is 46.6 Å². The molecule has 0 aliphatic carbocycles. The largest absolute Gasteiger partial charge is 0.466 e. The maximum absolute atomic E-state index is 12.3. The summed E-state index contributed by atoms with van der Waals surface area (Å²) in [6.07, 6.45) is 2.79. The summed E-state index contributed by atoms with van der Waals surface area (Å²) < 4.78 is 5.49. The van der Waals surface area contributed by atoms with Crippen LogP contribution in [0.3, 0.4) is 0 Å². The van der Waals surface area contributed by atoms with Gasteiger partial charge in [0.15, 0.2) is 0 Å². The average Bonchev–Trinajstić information content (AvgIpc) is 3.05. The van der Waals surface area contributed by atoms with E-state index in [0.717, 1.165) is 11.3 Å². The highest BCUT2D eigenvalue weighted by Crippen LogP contribution is 2.33. The molecule has 0 spiro atoms. The number of thioether (sulfide) groups is 1. The molecule has 1 aromatic rings. The quantitative estimate of drug-likeness (QED) is 0.451. The van der Waals surface area contributed by atoms with Gasteiger partial charge in [-0.25, -0.2) is 0 Å². The molecule has 1 fully saturated rings. The molecule has 0 atom stereocenters. The van der Waals surface area contributed by atoms with E-state index >= 15 is 0 Å². The van der Waals surface area contributed by atoms with Crippen molar-refractivity contribution in [3.63, 3.8) is 0 Å². The van der Waals surface area contributed by atoms with Gasteiger partial charge in [-0.15, -0.1) is 11.3 Å². The molecule has 1 saturated heterocycles. The SMILES string of the molecule is CCCOC(=O)CCN1C(=O)/C(=C/c2cccs2)SC1=S. The summed E-state index contributed by atoms with van der Waals surface area (Å²) in [6, 6.07) is 3.88. The number of nitrogens with zero attached hydrogens (tertiary/aromatic N) is 1. The summed E-state index contributed by atoms with van der Waals surface area (Å²) >= 11 is 8.05. The van der Waals surface area contributed by atoms with Crippen LogP contribution in [-0.2, 0) is 14.3 Å². The number of hydrogen-bond acceptors (Lipinski definition) is 6. The maximum Gasteiger partial charge on any atom is 0.307 e. The number of esters is 1. The van der Waals surface area contributed by atoms with Gasteiger partial charge in [-0.05, 0) is 23.9 Å². The first-order valence-corrected chi connectivity index (χ1v) is 8.66. The van der Waals surface area contributed by atoms with E-state index < -0.39 is 0 Å². The standard InChI is InChI=1S/C14H15NO3S3/c1-2-7-18-12(16)5-6-15-13(17)11(21-14(15)19)9-10-4-3-8-20-10/h3-4,8-9H,2,5-7H2,1H3/b11-9-. The molecule has 112 valence electrons. The van der Waals surface area contributed by atoms with Crippen molar-refractivity contribution < 1.29 is 14.3 Å². The van der Waals surface area contributed by atoms with Gasteiger partial charge < -0.3 is 4.74 Å². The van der Waals surface area contributed by atoms with Crippen molar-refractivity contribution in [1.29, 1.82) is 0 Å². The van der Waals surface area contributed by atoms with Gasteiger partial charge in [-0.2, -0.15) is 0 Å². The fraction of sp³-hybridized carbons (Fsp3) is 0.357. The number of carbonyl (C=O) groups excluding carboxylic acids is 2. The zero-order valence-electron chi connectivity index (χ0n) is 11.5. The predicted molar refractivity (Wildman–Crippen MR) is 90.1 cm³/mol. The molecular weight excluding hydrogens is 326 g/mol. The molecule has 1 aliphatic heterocycles. The van der Waals surface area contributed by atoms with Gasteiger partial charge in [0.1, 0.15) is 4.32 Å². The van der Waals surface area contributed by atoms with Crippen LogP contribution in [0.15, 0.2) is 22.4 Å². The lowest BCUT2D eigenvalue weighted by molar-refractivity contribution is -0.143. The van der Waals surface area contributed by atoms with E-state index in [0.29, 0.717) is 15.8 Å². The zero-order chi connectivity index (χ0) is 15.2. The van der Waals surface area contributed by atoms with Crippen LogP contribution in [0.5, 0.6) is 0 Å². The first-order chi connectivity index (χ1) is 10.1. The number of thiocarbonyl (C=S) groups is 1.